The van der Waals surface area contributed by atoms with E-state index in [-0.39, 0.29) is 5.91 Å². The van der Waals surface area contributed by atoms with E-state index in [0.717, 1.165) is 39.6 Å². The highest BCUT2D eigenvalue weighted by molar-refractivity contribution is 5.76. The van der Waals surface area contributed by atoms with Gasteiger partial charge in [-0.15, -0.1) is 0 Å². The molecular formula is C29H31N3O3. The fraction of sp³-hybridized carbons (Fsp3) is 0.241. The van der Waals surface area contributed by atoms with Crippen LogP contribution >= 0.6 is 0 Å². The summed E-state index contributed by atoms with van der Waals surface area (Å²) in [4.78, 5) is 12.6. The molecule has 1 amide bonds. The molecule has 0 spiro atoms. The Morgan fingerprint density at radius 2 is 1.69 bits per heavy atom. The van der Waals surface area contributed by atoms with Crippen LogP contribution in [0.4, 0.5) is 0 Å². The first kappa shape index (κ1) is 24.1. The van der Waals surface area contributed by atoms with E-state index in [9.17, 15) is 4.79 Å². The van der Waals surface area contributed by atoms with Crippen LogP contribution in [-0.2, 0) is 17.6 Å². The number of methoxy groups -OCH3 is 2. The molecule has 0 aliphatic carbocycles. The Morgan fingerprint density at radius 1 is 0.914 bits per heavy atom. The summed E-state index contributed by atoms with van der Waals surface area (Å²) in [5.74, 6) is 1.52. The minimum absolute atomic E-state index is 0.0137. The number of benzene rings is 3. The van der Waals surface area contributed by atoms with Gasteiger partial charge in [-0.05, 0) is 49.1 Å². The quantitative estimate of drug-likeness (QED) is 0.349. The second-order valence-corrected chi connectivity index (χ2v) is 8.43. The Labute approximate surface area is 206 Å². The summed E-state index contributed by atoms with van der Waals surface area (Å²) in [5, 5.41) is 7.89. The Bertz CT molecular complexity index is 1260. The van der Waals surface area contributed by atoms with Crippen molar-refractivity contribution in [1.82, 2.24) is 15.1 Å². The van der Waals surface area contributed by atoms with Gasteiger partial charge in [-0.2, -0.15) is 5.10 Å². The molecule has 1 aromatic heterocycles. The van der Waals surface area contributed by atoms with E-state index in [4.69, 9.17) is 14.6 Å². The van der Waals surface area contributed by atoms with Gasteiger partial charge >= 0.3 is 0 Å². The molecule has 0 unspecified atom stereocenters. The van der Waals surface area contributed by atoms with Gasteiger partial charge < -0.3 is 14.8 Å². The minimum Gasteiger partial charge on any atom is -0.497 e. The fourth-order valence-electron chi connectivity index (χ4n) is 3.99. The van der Waals surface area contributed by atoms with E-state index in [0.29, 0.717) is 25.8 Å². The molecule has 6 nitrogen and oxygen atoms in total. The normalized spacial score (nSPS) is 10.7. The molecule has 3 aromatic carbocycles. The summed E-state index contributed by atoms with van der Waals surface area (Å²) < 4.78 is 12.6. The number of rotatable bonds is 10. The number of carbonyl (C=O) groups is 1. The Hall–Kier alpha value is -4.06. The van der Waals surface area contributed by atoms with Crippen LogP contribution in [0, 0.1) is 6.92 Å². The van der Waals surface area contributed by atoms with Crippen molar-refractivity contribution >= 4 is 5.91 Å². The summed E-state index contributed by atoms with van der Waals surface area (Å²) in [6.07, 6.45) is 3.70. The third kappa shape index (κ3) is 6.09. The van der Waals surface area contributed by atoms with Crippen molar-refractivity contribution in [3.8, 4) is 28.4 Å². The van der Waals surface area contributed by atoms with Crippen molar-refractivity contribution in [2.24, 2.45) is 0 Å². The lowest BCUT2D eigenvalue weighted by Crippen LogP contribution is -2.26. The molecule has 1 N–H and O–H groups in total. The number of nitrogens with zero attached hydrogens (tertiary/aromatic N) is 2. The maximum absolute atomic E-state index is 12.6. The number of aromatic nitrogens is 2. The molecule has 0 radical (unpaired) electrons. The van der Waals surface area contributed by atoms with Crippen molar-refractivity contribution in [3.63, 3.8) is 0 Å². The van der Waals surface area contributed by atoms with Crippen LogP contribution in [0.15, 0.2) is 79.0 Å². The molecule has 0 fully saturated rings. The lowest BCUT2D eigenvalue weighted by molar-refractivity contribution is -0.121. The molecular weight excluding hydrogens is 438 g/mol. The van der Waals surface area contributed by atoms with Gasteiger partial charge in [0.25, 0.3) is 0 Å². The molecule has 180 valence electrons. The maximum atomic E-state index is 12.6. The Kier molecular flexibility index (Phi) is 7.83. The molecule has 0 aliphatic heterocycles. The first-order chi connectivity index (χ1) is 17.1. The van der Waals surface area contributed by atoms with E-state index in [1.165, 1.54) is 5.56 Å². The van der Waals surface area contributed by atoms with E-state index < -0.39 is 0 Å². The van der Waals surface area contributed by atoms with Crippen LogP contribution in [0.3, 0.4) is 0 Å². The number of aryl methyl sites for hydroxylation is 2. The average Bonchev–Trinajstić information content (AvgIpc) is 3.33. The number of ether oxygens (including phenoxy) is 2. The van der Waals surface area contributed by atoms with E-state index in [2.05, 4.69) is 36.5 Å². The minimum atomic E-state index is 0.0137. The highest BCUT2D eigenvalue weighted by Crippen LogP contribution is 2.26. The predicted molar refractivity (Wildman–Crippen MR) is 138 cm³/mol. The Balaban J connectivity index is 1.41. The second-order valence-electron chi connectivity index (χ2n) is 8.43. The van der Waals surface area contributed by atoms with Gasteiger partial charge in [0.2, 0.25) is 5.91 Å². The third-order valence-corrected chi connectivity index (χ3v) is 5.97. The highest BCUT2D eigenvalue weighted by atomic mass is 16.5. The lowest BCUT2D eigenvalue weighted by Gasteiger charge is -2.11. The second kappa shape index (κ2) is 11.4. The molecule has 0 aliphatic rings. The van der Waals surface area contributed by atoms with Crippen molar-refractivity contribution in [3.05, 3.63) is 95.7 Å². The van der Waals surface area contributed by atoms with Crippen LogP contribution in [0.5, 0.6) is 11.5 Å². The largest absolute Gasteiger partial charge is 0.497 e. The number of amides is 1. The van der Waals surface area contributed by atoms with Gasteiger partial charge in [0, 0.05) is 30.8 Å². The number of hydrogen-bond acceptors (Lipinski definition) is 4. The summed E-state index contributed by atoms with van der Waals surface area (Å²) in [7, 11) is 3.26. The van der Waals surface area contributed by atoms with Gasteiger partial charge in [-0.25, -0.2) is 4.68 Å². The molecule has 35 heavy (non-hydrogen) atoms. The highest BCUT2D eigenvalue weighted by Gasteiger charge is 2.14. The van der Waals surface area contributed by atoms with E-state index in [1.54, 1.807) is 14.2 Å². The molecule has 6 heteroatoms. The van der Waals surface area contributed by atoms with Gasteiger partial charge in [-0.3, -0.25) is 4.79 Å². The lowest BCUT2D eigenvalue weighted by atomic mass is 10.0. The van der Waals surface area contributed by atoms with Crippen molar-refractivity contribution < 1.29 is 14.3 Å². The van der Waals surface area contributed by atoms with Crippen LogP contribution in [0.1, 0.15) is 23.1 Å². The van der Waals surface area contributed by atoms with Crippen molar-refractivity contribution in [2.75, 3.05) is 20.8 Å². The first-order valence-electron chi connectivity index (χ1n) is 11.8. The van der Waals surface area contributed by atoms with Gasteiger partial charge in [0.15, 0.2) is 0 Å². The summed E-state index contributed by atoms with van der Waals surface area (Å²) in [5.41, 5.74) is 6.22. The zero-order valence-electron chi connectivity index (χ0n) is 20.5. The van der Waals surface area contributed by atoms with E-state index >= 15 is 0 Å². The number of para-hydroxylation sites is 1. The first-order valence-corrected chi connectivity index (χ1v) is 11.8. The molecule has 4 aromatic rings. The van der Waals surface area contributed by atoms with E-state index in [1.807, 2.05) is 59.4 Å². The van der Waals surface area contributed by atoms with Crippen LogP contribution < -0.4 is 14.8 Å². The van der Waals surface area contributed by atoms with Gasteiger partial charge in [0.1, 0.15) is 11.5 Å². The number of carbonyl (C=O) groups excluding carboxylic acids is 1. The topological polar surface area (TPSA) is 65.4 Å². The number of nitrogens with one attached hydrogen (secondary N) is 1. The molecule has 0 saturated carbocycles. The average molecular weight is 470 g/mol. The standard InChI is InChI=1S/C29H31N3O3/c1-21-9-11-23(12-10-21)29-24(20-32(31-29)25-7-5-4-6-8-25)14-16-28(33)30-18-17-22-13-15-26(34-2)19-27(22)35-3/h4-13,15,19-20H,14,16-18H2,1-3H3,(H,30,33). The third-order valence-electron chi connectivity index (χ3n) is 5.97. The summed E-state index contributed by atoms with van der Waals surface area (Å²) in [6.45, 7) is 2.61. The number of hydrogen-bond donors (Lipinski definition) is 1. The van der Waals surface area contributed by atoms with Crippen LogP contribution in [-0.4, -0.2) is 36.5 Å². The molecule has 0 bridgehead atoms. The van der Waals surface area contributed by atoms with Crippen LogP contribution in [0.2, 0.25) is 0 Å². The maximum Gasteiger partial charge on any atom is 0.220 e. The fourth-order valence-corrected chi connectivity index (χ4v) is 3.99. The molecule has 1 heterocycles. The molecule has 0 saturated heterocycles. The zero-order valence-corrected chi connectivity index (χ0v) is 20.5. The zero-order chi connectivity index (χ0) is 24.6. The Morgan fingerprint density at radius 3 is 2.40 bits per heavy atom. The van der Waals surface area contributed by atoms with Gasteiger partial charge in [-0.1, -0.05) is 54.1 Å². The molecule has 4 rings (SSSR count). The van der Waals surface area contributed by atoms with Gasteiger partial charge in [0.05, 0.1) is 25.6 Å². The smallest absolute Gasteiger partial charge is 0.220 e. The van der Waals surface area contributed by atoms with Crippen molar-refractivity contribution in [1.29, 1.82) is 0 Å². The summed E-state index contributed by atoms with van der Waals surface area (Å²) in [6, 6.07) is 24.1. The van der Waals surface area contributed by atoms with Crippen LogP contribution in [0.25, 0.3) is 16.9 Å². The molecule has 0 atom stereocenters. The predicted octanol–water partition coefficient (Wildman–Crippen LogP) is 5.16. The summed E-state index contributed by atoms with van der Waals surface area (Å²) >= 11 is 0. The SMILES string of the molecule is COc1ccc(CCNC(=O)CCc2cn(-c3ccccc3)nc2-c2ccc(C)cc2)c(OC)c1. The van der Waals surface area contributed by atoms with Crippen molar-refractivity contribution in [2.45, 2.75) is 26.2 Å². The monoisotopic (exact) mass is 469 g/mol.